The van der Waals surface area contributed by atoms with Gasteiger partial charge in [-0.05, 0) is 19.1 Å². The number of rotatable bonds is 4. The van der Waals surface area contributed by atoms with Gasteiger partial charge in [-0.1, -0.05) is 0 Å². The fraction of sp³-hybridized carbons (Fsp3) is 0.375. The molecule has 0 aliphatic rings. The molecule has 0 unspecified atom stereocenters. The summed E-state index contributed by atoms with van der Waals surface area (Å²) in [7, 11) is 0. The molecule has 0 fully saturated rings. The van der Waals surface area contributed by atoms with E-state index in [1.54, 1.807) is 0 Å². The molecular weight excluding hydrogens is 188 g/mol. The number of carboxylic acid groups (broad SMARTS) is 1. The summed E-state index contributed by atoms with van der Waals surface area (Å²) >= 11 is 1.40. The van der Waals surface area contributed by atoms with Crippen molar-refractivity contribution in [2.45, 2.75) is 18.4 Å². The standard InChI is InChI=1S/C8H10N2O2S/c1-6-2-3-7(10-9-6)13-5-4-8(11)12/h2-3H,4-5H2,1H3,(H,11,12). The Kier molecular flexibility index (Phi) is 3.70. The van der Waals surface area contributed by atoms with Crippen LogP contribution in [0.4, 0.5) is 0 Å². The van der Waals surface area contributed by atoms with Gasteiger partial charge >= 0.3 is 5.97 Å². The number of carboxylic acids is 1. The van der Waals surface area contributed by atoms with Crippen LogP contribution in [0, 0.1) is 6.92 Å². The zero-order valence-corrected chi connectivity index (χ0v) is 8.04. The fourth-order valence-electron chi connectivity index (χ4n) is 0.707. The fourth-order valence-corrected chi connectivity index (χ4v) is 1.46. The number of aryl methyl sites for hydroxylation is 1. The number of hydrogen-bond donors (Lipinski definition) is 1. The van der Waals surface area contributed by atoms with Crippen LogP contribution in [-0.2, 0) is 4.79 Å². The average Bonchev–Trinajstić information content (AvgIpc) is 2.08. The molecule has 0 aliphatic carbocycles. The average molecular weight is 198 g/mol. The first-order valence-corrected chi connectivity index (χ1v) is 4.82. The lowest BCUT2D eigenvalue weighted by Crippen LogP contribution is -1.96. The molecule has 0 spiro atoms. The highest BCUT2D eigenvalue weighted by molar-refractivity contribution is 7.99. The van der Waals surface area contributed by atoms with E-state index in [9.17, 15) is 4.79 Å². The molecule has 0 saturated heterocycles. The van der Waals surface area contributed by atoms with E-state index in [4.69, 9.17) is 5.11 Å². The monoisotopic (exact) mass is 198 g/mol. The Hall–Kier alpha value is -1.10. The van der Waals surface area contributed by atoms with E-state index in [1.807, 2.05) is 19.1 Å². The predicted molar refractivity (Wildman–Crippen MR) is 49.7 cm³/mol. The third kappa shape index (κ3) is 3.89. The lowest BCUT2D eigenvalue weighted by Gasteiger charge is -1.97. The van der Waals surface area contributed by atoms with Crippen molar-refractivity contribution < 1.29 is 9.90 Å². The van der Waals surface area contributed by atoms with Crippen LogP contribution in [0.5, 0.6) is 0 Å². The Morgan fingerprint density at radius 3 is 2.85 bits per heavy atom. The van der Waals surface area contributed by atoms with Gasteiger partial charge in [0.25, 0.3) is 0 Å². The first kappa shape index (κ1) is 9.98. The van der Waals surface area contributed by atoms with Crippen LogP contribution in [0.3, 0.4) is 0 Å². The third-order valence-corrected chi connectivity index (χ3v) is 2.26. The molecule has 1 heterocycles. The summed E-state index contributed by atoms with van der Waals surface area (Å²) < 4.78 is 0. The van der Waals surface area contributed by atoms with Gasteiger partial charge in [-0.15, -0.1) is 16.9 Å². The smallest absolute Gasteiger partial charge is 0.304 e. The molecule has 0 bridgehead atoms. The van der Waals surface area contributed by atoms with E-state index >= 15 is 0 Å². The van der Waals surface area contributed by atoms with Crippen LogP contribution in [0.15, 0.2) is 17.2 Å². The summed E-state index contributed by atoms with van der Waals surface area (Å²) in [5, 5.41) is 16.9. The maximum Gasteiger partial charge on any atom is 0.304 e. The number of hydrogen-bond acceptors (Lipinski definition) is 4. The van der Waals surface area contributed by atoms with Crippen LogP contribution in [0.2, 0.25) is 0 Å². The van der Waals surface area contributed by atoms with Gasteiger partial charge in [-0.25, -0.2) is 0 Å². The van der Waals surface area contributed by atoms with Gasteiger partial charge in [-0.2, -0.15) is 5.10 Å². The summed E-state index contributed by atoms with van der Waals surface area (Å²) in [5.74, 6) is -0.250. The zero-order chi connectivity index (χ0) is 9.68. The highest BCUT2D eigenvalue weighted by Crippen LogP contribution is 2.14. The molecule has 1 N–H and O–H groups in total. The van der Waals surface area contributed by atoms with Crippen molar-refractivity contribution >= 4 is 17.7 Å². The lowest BCUT2D eigenvalue weighted by atomic mass is 10.4. The molecule has 5 heteroatoms. The molecule has 0 atom stereocenters. The van der Waals surface area contributed by atoms with Crippen LogP contribution in [-0.4, -0.2) is 27.0 Å². The Morgan fingerprint density at radius 1 is 1.54 bits per heavy atom. The minimum absolute atomic E-state index is 0.153. The first-order valence-electron chi connectivity index (χ1n) is 3.83. The molecule has 1 aromatic rings. The topological polar surface area (TPSA) is 63.1 Å². The van der Waals surface area contributed by atoms with Crippen LogP contribution in [0.1, 0.15) is 12.1 Å². The third-order valence-electron chi connectivity index (χ3n) is 1.34. The highest BCUT2D eigenvalue weighted by Gasteiger charge is 1.99. The second-order valence-corrected chi connectivity index (χ2v) is 3.62. The van der Waals surface area contributed by atoms with Crippen molar-refractivity contribution in [2.75, 3.05) is 5.75 Å². The van der Waals surface area contributed by atoms with E-state index in [0.717, 1.165) is 10.7 Å². The Labute approximate surface area is 80.4 Å². The number of carbonyl (C=O) groups is 1. The lowest BCUT2D eigenvalue weighted by molar-refractivity contribution is -0.136. The number of aromatic nitrogens is 2. The largest absolute Gasteiger partial charge is 0.481 e. The normalized spacial score (nSPS) is 9.92. The van der Waals surface area contributed by atoms with Crippen LogP contribution in [0.25, 0.3) is 0 Å². The Bertz CT molecular complexity index is 287. The maximum atomic E-state index is 10.2. The van der Waals surface area contributed by atoms with E-state index in [1.165, 1.54) is 11.8 Å². The van der Waals surface area contributed by atoms with E-state index in [0.29, 0.717) is 5.75 Å². The minimum atomic E-state index is -0.785. The zero-order valence-electron chi connectivity index (χ0n) is 7.23. The summed E-state index contributed by atoms with van der Waals surface area (Å²) in [5.41, 5.74) is 0.864. The molecular formula is C8H10N2O2S. The van der Waals surface area contributed by atoms with Gasteiger partial charge < -0.3 is 5.11 Å². The summed E-state index contributed by atoms with van der Waals surface area (Å²) in [6, 6.07) is 3.70. The van der Waals surface area contributed by atoms with Gasteiger partial charge in [-0.3, -0.25) is 4.79 Å². The minimum Gasteiger partial charge on any atom is -0.481 e. The summed E-state index contributed by atoms with van der Waals surface area (Å²) in [4.78, 5) is 10.2. The molecule has 0 radical (unpaired) electrons. The number of nitrogens with zero attached hydrogens (tertiary/aromatic N) is 2. The Morgan fingerprint density at radius 2 is 2.31 bits per heavy atom. The molecule has 70 valence electrons. The summed E-state index contributed by atoms with van der Waals surface area (Å²) in [6.07, 6.45) is 0.153. The first-order chi connectivity index (χ1) is 6.18. The Balaban J connectivity index is 2.37. The molecule has 0 aliphatic heterocycles. The molecule has 0 aromatic carbocycles. The van der Waals surface area contributed by atoms with Gasteiger partial charge in [0, 0.05) is 5.75 Å². The molecule has 1 aromatic heterocycles. The maximum absolute atomic E-state index is 10.2. The number of thioether (sulfide) groups is 1. The van der Waals surface area contributed by atoms with Crippen LogP contribution >= 0.6 is 11.8 Å². The molecule has 0 saturated carbocycles. The van der Waals surface area contributed by atoms with Crippen molar-refractivity contribution in [2.24, 2.45) is 0 Å². The van der Waals surface area contributed by atoms with Crippen molar-refractivity contribution in [3.8, 4) is 0 Å². The SMILES string of the molecule is Cc1ccc(SCCC(=O)O)nn1. The molecule has 13 heavy (non-hydrogen) atoms. The van der Waals surface area contributed by atoms with E-state index in [-0.39, 0.29) is 6.42 Å². The second kappa shape index (κ2) is 4.81. The molecule has 4 nitrogen and oxygen atoms in total. The van der Waals surface area contributed by atoms with Crippen molar-refractivity contribution in [3.05, 3.63) is 17.8 Å². The van der Waals surface area contributed by atoms with E-state index < -0.39 is 5.97 Å². The molecule has 1 rings (SSSR count). The van der Waals surface area contributed by atoms with Gasteiger partial charge in [0.15, 0.2) is 0 Å². The summed E-state index contributed by atoms with van der Waals surface area (Å²) in [6.45, 7) is 1.86. The predicted octanol–water partition coefficient (Wildman–Crippen LogP) is 1.35. The highest BCUT2D eigenvalue weighted by atomic mass is 32.2. The van der Waals surface area contributed by atoms with Crippen molar-refractivity contribution in [1.82, 2.24) is 10.2 Å². The van der Waals surface area contributed by atoms with Crippen LogP contribution < -0.4 is 0 Å². The van der Waals surface area contributed by atoms with Crippen molar-refractivity contribution in [1.29, 1.82) is 0 Å². The van der Waals surface area contributed by atoms with Gasteiger partial charge in [0.2, 0.25) is 0 Å². The number of aliphatic carboxylic acids is 1. The second-order valence-electron chi connectivity index (χ2n) is 2.51. The van der Waals surface area contributed by atoms with Gasteiger partial charge in [0.05, 0.1) is 12.1 Å². The van der Waals surface area contributed by atoms with Crippen molar-refractivity contribution in [3.63, 3.8) is 0 Å². The van der Waals surface area contributed by atoms with E-state index in [2.05, 4.69) is 10.2 Å². The quantitative estimate of drug-likeness (QED) is 0.740. The molecule has 0 amide bonds. The van der Waals surface area contributed by atoms with Gasteiger partial charge in [0.1, 0.15) is 5.03 Å².